The molecular weight excluding hydrogens is 519 g/mol. The molecule has 27 heavy (non-hydrogen) atoms. The van der Waals surface area contributed by atoms with Gasteiger partial charge in [0.05, 0.1) is 6.54 Å². The van der Waals surface area contributed by atoms with Crippen LogP contribution in [0.1, 0.15) is 42.9 Å². The average molecular weight is 547 g/mol. The average Bonchev–Trinajstić information content (AvgIpc) is 3.24. The van der Waals surface area contributed by atoms with Crippen LogP contribution in [0.4, 0.5) is 0 Å². The Balaban J connectivity index is 0.00000261. The molecule has 3 rings (SSSR count). The van der Waals surface area contributed by atoms with Gasteiger partial charge in [0, 0.05) is 30.5 Å². The van der Waals surface area contributed by atoms with Gasteiger partial charge in [0.2, 0.25) is 0 Å². The second-order valence-corrected chi connectivity index (χ2v) is 7.92. The number of aryl methyl sites for hydroxylation is 1. The quantitative estimate of drug-likeness (QED) is 0.341. The van der Waals surface area contributed by atoms with E-state index in [0.717, 1.165) is 28.6 Å². The van der Waals surface area contributed by atoms with E-state index in [-0.39, 0.29) is 29.4 Å². The van der Waals surface area contributed by atoms with Crippen LogP contribution in [-0.2, 0) is 19.0 Å². The van der Waals surface area contributed by atoms with Gasteiger partial charge in [-0.2, -0.15) is 0 Å². The van der Waals surface area contributed by atoms with Gasteiger partial charge in [0.1, 0.15) is 5.82 Å². The zero-order valence-electron chi connectivity index (χ0n) is 16.1. The maximum atomic E-state index is 4.37. The summed E-state index contributed by atoms with van der Waals surface area (Å²) in [6, 6.07) is 8.72. The highest BCUT2D eigenvalue weighted by atomic mass is 127. The summed E-state index contributed by atoms with van der Waals surface area (Å²) in [5.74, 6) is 2.60. The molecule has 0 unspecified atom stereocenters. The highest BCUT2D eigenvalue weighted by Crippen LogP contribution is 2.41. The van der Waals surface area contributed by atoms with Crippen LogP contribution < -0.4 is 10.6 Å². The first-order chi connectivity index (χ1) is 12.5. The fourth-order valence-electron chi connectivity index (χ4n) is 3.68. The monoisotopic (exact) mass is 546 g/mol. The molecule has 0 amide bonds. The minimum Gasteiger partial charge on any atom is -0.356 e. The first-order valence-corrected chi connectivity index (χ1v) is 9.89. The first-order valence-electron chi connectivity index (χ1n) is 9.09. The predicted molar refractivity (Wildman–Crippen MR) is 124 cm³/mol. The van der Waals surface area contributed by atoms with Crippen LogP contribution in [0.25, 0.3) is 0 Å². The van der Waals surface area contributed by atoms with Crippen molar-refractivity contribution in [2.24, 2.45) is 12.0 Å². The van der Waals surface area contributed by atoms with E-state index in [1.165, 1.54) is 31.2 Å². The fourth-order valence-corrected chi connectivity index (χ4v) is 4.08. The number of benzene rings is 1. The molecule has 0 saturated heterocycles. The number of aromatic nitrogens is 3. The van der Waals surface area contributed by atoms with Crippen molar-refractivity contribution < 1.29 is 0 Å². The van der Waals surface area contributed by atoms with Crippen LogP contribution in [0.2, 0.25) is 0 Å². The van der Waals surface area contributed by atoms with E-state index in [1.54, 1.807) is 7.05 Å². The van der Waals surface area contributed by atoms with Crippen molar-refractivity contribution in [3.63, 3.8) is 0 Å². The van der Waals surface area contributed by atoms with Crippen LogP contribution in [0.15, 0.2) is 33.7 Å². The Morgan fingerprint density at radius 1 is 1.26 bits per heavy atom. The van der Waals surface area contributed by atoms with E-state index in [0.29, 0.717) is 6.54 Å². The standard InChI is InChI=1S/C19H27BrN6.HI/c1-14-24-25-17(26(14)3)12-22-18(21-2)23-13-19(9-4-5-10-19)15-7-6-8-16(20)11-15;/h6-8,11H,4-5,9-10,12-13H2,1-3H3,(H2,21,22,23);1H. The normalized spacial score (nSPS) is 16.1. The van der Waals surface area contributed by atoms with Crippen LogP contribution in [0.3, 0.4) is 0 Å². The molecule has 148 valence electrons. The Bertz CT molecular complexity index is 782. The lowest BCUT2D eigenvalue weighted by Gasteiger charge is -2.31. The molecule has 1 saturated carbocycles. The van der Waals surface area contributed by atoms with Gasteiger partial charge in [0.25, 0.3) is 0 Å². The molecule has 6 nitrogen and oxygen atoms in total. The van der Waals surface area contributed by atoms with E-state index in [9.17, 15) is 0 Å². The summed E-state index contributed by atoms with van der Waals surface area (Å²) in [6.45, 7) is 3.42. The van der Waals surface area contributed by atoms with Gasteiger partial charge in [-0.25, -0.2) is 0 Å². The third kappa shape index (κ3) is 5.22. The number of guanidine groups is 1. The number of aliphatic imine (C=N–C) groups is 1. The zero-order valence-corrected chi connectivity index (χ0v) is 20.0. The minimum absolute atomic E-state index is 0. The Labute approximate surface area is 186 Å². The SMILES string of the molecule is CN=C(NCc1nnc(C)n1C)NCC1(c2cccc(Br)c2)CCCC1.I. The van der Waals surface area contributed by atoms with Gasteiger partial charge in [-0.05, 0) is 37.5 Å². The number of rotatable bonds is 5. The van der Waals surface area contributed by atoms with Crippen molar-refractivity contribution in [1.29, 1.82) is 0 Å². The summed E-state index contributed by atoms with van der Waals surface area (Å²) in [5, 5.41) is 15.2. The largest absolute Gasteiger partial charge is 0.356 e. The summed E-state index contributed by atoms with van der Waals surface area (Å²) < 4.78 is 3.13. The third-order valence-corrected chi connectivity index (χ3v) is 5.91. The molecule has 2 aromatic rings. The summed E-state index contributed by atoms with van der Waals surface area (Å²) in [6.07, 6.45) is 4.96. The van der Waals surface area contributed by atoms with Gasteiger partial charge in [0.15, 0.2) is 11.8 Å². The summed E-state index contributed by atoms with van der Waals surface area (Å²) in [4.78, 5) is 4.37. The van der Waals surface area contributed by atoms with Crippen LogP contribution >= 0.6 is 39.9 Å². The molecule has 1 aromatic carbocycles. The number of halogens is 2. The summed E-state index contributed by atoms with van der Waals surface area (Å²) >= 11 is 3.61. The van der Waals surface area contributed by atoms with Crippen molar-refractivity contribution in [1.82, 2.24) is 25.4 Å². The van der Waals surface area contributed by atoms with E-state index >= 15 is 0 Å². The van der Waals surface area contributed by atoms with Crippen molar-refractivity contribution in [2.75, 3.05) is 13.6 Å². The smallest absolute Gasteiger partial charge is 0.191 e. The Kier molecular flexibility index (Phi) is 8.08. The molecule has 1 fully saturated rings. The first kappa shape index (κ1) is 22.1. The number of nitrogens with one attached hydrogen (secondary N) is 2. The molecule has 0 bridgehead atoms. The summed E-state index contributed by atoms with van der Waals surface area (Å²) in [5.41, 5.74) is 1.57. The number of hydrogen-bond acceptors (Lipinski definition) is 3. The predicted octanol–water partition coefficient (Wildman–Crippen LogP) is 3.68. The van der Waals surface area contributed by atoms with Crippen LogP contribution in [0.5, 0.6) is 0 Å². The zero-order chi connectivity index (χ0) is 18.6. The Morgan fingerprint density at radius 2 is 2.00 bits per heavy atom. The maximum absolute atomic E-state index is 4.37. The molecule has 1 aliphatic carbocycles. The molecule has 2 N–H and O–H groups in total. The summed E-state index contributed by atoms with van der Waals surface area (Å²) in [7, 11) is 3.78. The third-order valence-electron chi connectivity index (χ3n) is 5.41. The van der Waals surface area contributed by atoms with E-state index in [4.69, 9.17) is 0 Å². The van der Waals surface area contributed by atoms with Gasteiger partial charge < -0.3 is 15.2 Å². The lowest BCUT2D eigenvalue weighted by atomic mass is 9.79. The molecule has 0 atom stereocenters. The fraction of sp³-hybridized carbons (Fsp3) is 0.526. The van der Waals surface area contributed by atoms with Gasteiger partial charge in [-0.15, -0.1) is 34.2 Å². The van der Waals surface area contributed by atoms with Crippen molar-refractivity contribution in [2.45, 2.75) is 44.6 Å². The topological polar surface area (TPSA) is 67.1 Å². The number of hydrogen-bond donors (Lipinski definition) is 2. The van der Waals surface area contributed by atoms with Gasteiger partial charge >= 0.3 is 0 Å². The van der Waals surface area contributed by atoms with Crippen molar-refractivity contribution in [3.05, 3.63) is 46.0 Å². The van der Waals surface area contributed by atoms with E-state index in [1.807, 2.05) is 18.5 Å². The highest BCUT2D eigenvalue weighted by Gasteiger charge is 2.35. The van der Waals surface area contributed by atoms with Crippen LogP contribution in [-0.4, -0.2) is 34.3 Å². The molecule has 0 aliphatic heterocycles. The van der Waals surface area contributed by atoms with Gasteiger partial charge in [-0.1, -0.05) is 40.9 Å². The van der Waals surface area contributed by atoms with Gasteiger partial charge in [-0.3, -0.25) is 4.99 Å². The molecule has 1 heterocycles. The van der Waals surface area contributed by atoms with Crippen molar-refractivity contribution >= 4 is 45.9 Å². The van der Waals surface area contributed by atoms with Crippen molar-refractivity contribution in [3.8, 4) is 0 Å². The second-order valence-electron chi connectivity index (χ2n) is 7.00. The second kappa shape index (κ2) is 9.86. The van der Waals surface area contributed by atoms with Crippen LogP contribution in [0, 0.1) is 6.92 Å². The molecule has 8 heteroatoms. The lowest BCUT2D eigenvalue weighted by Crippen LogP contribution is -2.44. The lowest BCUT2D eigenvalue weighted by molar-refractivity contribution is 0.431. The molecular formula is C19H28BrIN6. The van der Waals surface area contributed by atoms with E-state index in [2.05, 4.69) is 66.0 Å². The number of nitrogens with zero attached hydrogens (tertiary/aromatic N) is 4. The van der Waals surface area contributed by atoms with E-state index < -0.39 is 0 Å². The maximum Gasteiger partial charge on any atom is 0.191 e. The molecule has 1 aromatic heterocycles. The minimum atomic E-state index is 0. The molecule has 0 spiro atoms. The highest BCUT2D eigenvalue weighted by molar-refractivity contribution is 14.0. The Morgan fingerprint density at radius 3 is 2.59 bits per heavy atom. The Hall–Kier alpha value is -1.16. The molecule has 1 aliphatic rings. The molecule has 0 radical (unpaired) electrons.